The maximum atomic E-state index is 7.49. The average molecular weight is 289 g/mol. The van der Waals surface area contributed by atoms with Crippen molar-refractivity contribution in [2.24, 2.45) is 0 Å². The summed E-state index contributed by atoms with van der Waals surface area (Å²) in [4.78, 5) is 3.50. The number of fused-ring (bicyclic) bond motifs is 3. The first-order valence-corrected chi connectivity index (χ1v) is 7.13. The van der Waals surface area contributed by atoms with Crippen LogP contribution < -0.4 is 0 Å². The number of benzene rings is 2. The molecule has 22 heavy (non-hydrogen) atoms. The minimum atomic E-state index is 0.557. The number of aromatic nitrogens is 4. The van der Waals surface area contributed by atoms with Gasteiger partial charge in [0, 0.05) is 33.6 Å². The lowest BCUT2D eigenvalue weighted by Gasteiger charge is -2.08. The molecular weight excluding hydrogens is 274 g/mol. The van der Waals surface area contributed by atoms with E-state index in [1.807, 2.05) is 6.07 Å². The Morgan fingerprint density at radius 2 is 1.95 bits per heavy atom. The Kier molecular flexibility index (Phi) is 2.63. The molecule has 0 bridgehead atoms. The van der Waals surface area contributed by atoms with E-state index in [4.69, 9.17) is 5.41 Å². The van der Waals surface area contributed by atoms with Crippen LogP contribution in [0.25, 0.3) is 33.1 Å². The highest BCUT2D eigenvalue weighted by atomic mass is 15.3. The lowest BCUT2D eigenvalue weighted by atomic mass is 9.96. The molecule has 0 aliphatic carbocycles. The van der Waals surface area contributed by atoms with E-state index >= 15 is 0 Å². The number of aryl methyl sites for hydroxylation is 2. The molecule has 0 saturated heterocycles. The fourth-order valence-electron chi connectivity index (χ4n) is 3.14. The number of hydrogen-bond acceptors (Lipinski definition) is 3. The second-order valence-electron chi connectivity index (χ2n) is 5.49. The van der Waals surface area contributed by atoms with Gasteiger partial charge in [-0.1, -0.05) is 18.2 Å². The van der Waals surface area contributed by atoms with Gasteiger partial charge in [0.15, 0.2) is 0 Å². The van der Waals surface area contributed by atoms with Crippen LogP contribution in [0.5, 0.6) is 0 Å². The molecule has 2 heterocycles. The maximum absolute atomic E-state index is 7.49. The van der Waals surface area contributed by atoms with Crippen molar-refractivity contribution < 1.29 is 0 Å². The molecule has 4 aromatic rings. The van der Waals surface area contributed by atoms with Gasteiger partial charge >= 0.3 is 0 Å². The van der Waals surface area contributed by atoms with Crippen molar-refractivity contribution in [1.29, 1.82) is 5.41 Å². The van der Waals surface area contributed by atoms with Crippen LogP contribution in [0, 0.1) is 19.3 Å². The zero-order valence-corrected chi connectivity index (χ0v) is 12.4. The van der Waals surface area contributed by atoms with Gasteiger partial charge in [-0.2, -0.15) is 15.4 Å². The number of nitrogens with zero attached hydrogens (tertiary/aromatic N) is 2. The second-order valence-corrected chi connectivity index (χ2v) is 5.49. The van der Waals surface area contributed by atoms with Crippen molar-refractivity contribution in [2.75, 3.05) is 0 Å². The highest BCUT2D eigenvalue weighted by molar-refractivity contribution is 6.12. The van der Waals surface area contributed by atoms with Gasteiger partial charge in [0.25, 0.3) is 0 Å². The summed E-state index contributed by atoms with van der Waals surface area (Å²) in [5, 5.41) is 20.8. The monoisotopic (exact) mass is 289 g/mol. The summed E-state index contributed by atoms with van der Waals surface area (Å²) in [6.07, 6.45) is 1.23. The number of H-pyrrole nitrogens is 2. The third kappa shape index (κ3) is 1.62. The Morgan fingerprint density at radius 3 is 2.77 bits per heavy atom. The smallest absolute Gasteiger partial charge is 0.131 e. The molecule has 5 nitrogen and oxygen atoms in total. The minimum absolute atomic E-state index is 0.557. The van der Waals surface area contributed by atoms with E-state index in [0.717, 1.165) is 33.4 Å². The fraction of sp³-hybridized carbons (Fsp3) is 0.118. The van der Waals surface area contributed by atoms with Gasteiger partial charge < -0.3 is 10.4 Å². The molecule has 5 heteroatoms. The van der Waals surface area contributed by atoms with E-state index in [2.05, 4.69) is 58.5 Å². The van der Waals surface area contributed by atoms with Gasteiger partial charge in [0.1, 0.15) is 11.4 Å². The summed E-state index contributed by atoms with van der Waals surface area (Å²) in [6, 6.07) is 10.4. The van der Waals surface area contributed by atoms with E-state index in [0.29, 0.717) is 5.69 Å². The Labute approximate surface area is 126 Å². The molecule has 0 saturated carbocycles. The first kappa shape index (κ1) is 12.8. The number of aromatic amines is 2. The molecule has 0 amide bonds. The Morgan fingerprint density at radius 1 is 1.14 bits per heavy atom. The van der Waals surface area contributed by atoms with Crippen molar-refractivity contribution in [3.63, 3.8) is 0 Å². The predicted octanol–water partition coefficient (Wildman–Crippen LogP) is 3.72. The predicted molar refractivity (Wildman–Crippen MR) is 88.5 cm³/mol. The normalized spacial score (nSPS) is 11.4. The van der Waals surface area contributed by atoms with Gasteiger partial charge in [0.05, 0.1) is 0 Å². The molecular formula is C17H15N5. The molecule has 108 valence electrons. The van der Waals surface area contributed by atoms with Crippen LogP contribution in [0.3, 0.4) is 0 Å². The Bertz CT molecular complexity index is 1020. The van der Waals surface area contributed by atoms with Crippen LogP contribution in [-0.2, 0) is 0 Å². The van der Waals surface area contributed by atoms with Crippen LogP contribution in [0.4, 0.5) is 0 Å². The minimum Gasteiger partial charge on any atom is -0.354 e. The summed E-state index contributed by atoms with van der Waals surface area (Å²) >= 11 is 0. The second kappa shape index (κ2) is 4.53. The Balaban J connectivity index is 2.16. The highest BCUT2D eigenvalue weighted by Gasteiger charge is 2.17. The standard InChI is InChI=1S/C17H15N5/c1-9-7-12(17-14(8-18)20-22-21-17)10(2)15-11-5-3-4-6-13(11)19-16(9)15/h3-8,18-19H,1-2H3,(H,20,21,22). The number of nitrogens with one attached hydrogen (secondary N) is 3. The van der Waals surface area contributed by atoms with Gasteiger partial charge in [-0.15, -0.1) is 0 Å². The van der Waals surface area contributed by atoms with Crippen molar-refractivity contribution >= 4 is 28.0 Å². The van der Waals surface area contributed by atoms with Gasteiger partial charge in [-0.05, 0) is 37.1 Å². The molecule has 0 aliphatic heterocycles. The van der Waals surface area contributed by atoms with E-state index < -0.39 is 0 Å². The molecule has 0 radical (unpaired) electrons. The molecule has 2 aromatic heterocycles. The van der Waals surface area contributed by atoms with Crippen molar-refractivity contribution in [3.8, 4) is 11.3 Å². The molecule has 0 aliphatic rings. The van der Waals surface area contributed by atoms with Gasteiger partial charge in [-0.25, -0.2) is 0 Å². The quantitative estimate of drug-likeness (QED) is 0.491. The van der Waals surface area contributed by atoms with Crippen LogP contribution in [0.1, 0.15) is 16.8 Å². The average Bonchev–Trinajstić information content (AvgIpc) is 3.15. The summed E-state index contributed by atoms with van der Waals surface area (Å²) in [6.45, 7) is 4.19. The first-order chi connectivity index (χ1) is 10.7. The third-order valence-corrected chi connectivity index (χ3v) is 4.21. The molecule has 3 N–H and O–H groups in total. The van der Waals surface area contributed by atoms with E-state index in [9.17, 15) is 0 Å². The SMILES string of the molecule is Cc1cc(-c2n[nH]nc2C=N)c(C)c2c1[nH]c1ccccc12. The van der Waals surface area contributed by atoms with Crippen LogP contribution in [0.15, 0.2) is 30.3 Å². The Hall–Kier alpha value is -2.95. The van der Waals surface area contributed by atoms with E-state index in [1.54, 1.807) is 0 Å². The van der Waals surface area contributed by atoms with E-state index in [1.165, 1.54) is 17.0 Å². The lowest BCUT2D eigenvalue weighted by Crippen LogP contribution is -1.92. The van der Waals surface area contributed by atoms with Crippen molar-refractivity contribution in [2.45, 2.75) is 13.8 Å². The molecule has 0 unspecified atom stereocenters. The zero-order valence-electron chi connectivity index (χ0n) is 12.4. The van der Waals surface area contributed by atoms with Crippen LogP contribution in [-0.4, -0.2) is 26.6 Å². The zero-order chi connectivity index (χ0) is 15.3. The van der Waals surface area contributed by atoms with Crippen LogP contribution >= 0.6 is 0 Å². The van der Waals surface area contributed by atoms with Crippen LogP contribution in [0.2, 0.25) is 0 Å². The number of para-hydroxylation sites is 1. The van der Waals surface area contributed by atoms with Crippen molar-refractivity contribution in [1.82, 2.24) is 20.4 Å². The number of hydrogen-bond donors (Lipinski definition) is 3. The molecule has 2 aromatic carbocycles. The summed E-state index contributed by atoms with van der Waals surface area (Å²) in [7, 11) is 0. The molecule has 4 rings (SSSR count). The summed E-state index contributed by atoms with van der Waals surface area (Å²) < 4.78 is 0. The van der Waals surface area contributed by atoms with Gasteiger partial charge in [-0.3, -0.25) is 0 Å². The first-order valence-electron chi connectivity index (χ1n) is 7.13. The molecule has 0 atom stereocenters. The topological polar surface area (TPSA) is 81.2 Å². The van der Waals surface area contributed by atoms with E-state index in [-0.39, 0.29) is 0 Å². The highest BCUT2D eigenvalue weighted by Crippen LogP contribution is 2.36. The maximum Gasteiger partial charge on any atom is 0.131 e. The summed E-state index contributed by atoms with van der Waals surface area (Å²) in [5.41, 5.74) is 6.89. The largest absolute Gasteiger partial charge is 0.354 e. The molecule has 0 spiro atoms. The third-order valence-electron chi connectivity index (χ3n) is 4.21. The lowest BCUT2D eigenvalue weighted by molar-refractivity contribution is 0.939. The fourth-order valence-corrected chi connectivity index (χ4v) is 3.14. The molecule has 0 fully saturated rings. The summed E-state index contributed by atoms with van der Waals surface area (Å²) in [5.74, 6) is 0. The van der Waals surface area contributed by atoms with Gasteiger partial charge in [0.2, 0.25) is 0 Å². The van der Waals surface area contributed by atoms with Crippen molar-refractivity contribution in [3.05, 3.63) is 47.2 Å². The number of rotatable bonds is 2.